The second-order valence-electron chi connectivity index (χ2n) is 14.2. The zero-order valence-corrected chi connectivity index (χ0v) is 35.2. The zero-order valence-electron chi connectivity index (χ0n) is 33.0. The topological polar surface area (TPSA) is 71.1 Å². The third kappa shape index (κ3) is 14.8. The van der Waals surface area contributed by atoms with Crippen molar-refractivity contribution in [2.75, 3.05) is 20.8 Å². The second kappa shape index (κ2) is 25.4. The lowest BCUT2D eigenvalue weighted by Gasteiger charge is -2.36. The summed E-state index contributed by atoms with van der Waals surface area (Å²) in [6.07, 6.45) is 0.419. The van der Waals surface area contributed by atoms with Gasteiger partial charge in [-0.1, -0.05) is 145 Å². The SMILES string of the molecule is CCCCCCC[C@@H](Cl)[C@@H](OC(=O)[C@@](OC)(c1ccccc1)C(F)(F)F)[C@H](Cl)C[C@@H](Cl)CCCCCCCCCCOC(=O)[C@@](OC)(c1ccccc1)C(F)(F)F. The summed E-state index contributed by atoms with van der Waals surface area (Å²) in [4.78, 5) is 26.1. The van der Waals surface area contributed by atoms with E-state index in [0.29, 0.717) is 32.1 Å². The van der Waals surface area contributed by atoms with E-state index in [4.69, 9.17) is 53.8 Å². The number of halogens is 9. The predicted octanol–water partition coefficient (Wildman–Crippen LogP) is 12.7. The largest absolute Gasteiger partial charge is 0.463 e. The Balaban J connectivity index is 1.84. The molecule has 0 saturated heterocycles. The molecule has 324 valence electrons. The maximum Gasteiger partial charge on any atom is 0.432 e. The average Bonchev–Trinajstić information content (AvgIpc) is 3.16. The molecule has 57 heavy (non-hydrogen) atoms. The number of benzene rings is 2. The maximum atomic E-state index is 14.6. The normalized spacial score (nSPS) is 16.5. The van der Waals surface area contributed by atoms with Crippen molar-refractivity contribution in [3.05, 3.63) is 71.8 Å². The molecule has 2 aromatic rings. The van der Waals surface area contributed by atoms with Crippen molar-refractivity contribution >= 4 is 46.7 Å². The maximum absolute atomic E-state index is 14.6. The van der Waals surface area contributed by atoms with Gasteiger partial charge in [0, 0.05) is 30.7 Å². The van der Waals surface area contributed by atoms with E-state index >= 15 is 0 Å². The molecule has 0 aliphatic heterocycles. The van der Waals surface area contributed by atoms with Gasteiger partial charge in [-0.15, -0.1) is 34.8 Å². The van der Waals surface area contributed by atoms with E-state index in [0.717, 1.165) is 90.6 Å². The molecule has 6 atom stereocenters. The summed E-state index contributed by atoms with van der Waals surface area (Å²) in [6, 6.07) is 13.2. The van der Waals surface area contributed by atoms with Crippen LogP contribution in [0.5, 0.6) is 0 Å². The summed E-state index contributed by atoms with van der Waals surface area (Å²) in [5.41, 5.74) is -7.37. The lowest BCUT2D eigenvalue weighted by atomic mass is 9.92. The molecule has 2 aromatic carbocycles. The van der Waals surface area contributed by atoms with E-state index in [1.54, 1.807) is 0 Å². The van der Waals surface area contributed by atoms with Crippen LogP contribution in [0.1, 0.15) is 121 Å². The minimum atomic E-state index is -5.15. The molecule has 0 amide bonds. The van der Waals surface area contributed by atoms with Crippen LogP contribution >= 0.6 is 34.8 Å². The van der Waals surface area contributed by atoms with Gasteiger partial charge in [-0.05, 0) is 25.7 Å². The fourth-order valence-corrected chi connectivity index (χ4v) is 8.09. The Morgan fingerprint density at radius 1 is 0.579 bits per heavy atom. The predicted molar refractivity (Wildman–Crippen MR) is 212 cm³/mol. The Morgan fingerprint density at radius 2 is 1.00 bits per heavy atom. The molecule has 0 N–H and O–H groups in total. The van der Waals surface area contributed by atoms with Crippen molar-refractivity contribution in [1.29, 1.82) is 0 Å². The Morgan fingerprint density at radius 3 is 1.46 bits per heavy atom. The highest BCUT2D eigenvalue weighted by molar-refractivity contribution is 6.25. The first kappa shape index (κ1) is 50.9. The molecule has 0 saturated carbocycles. The van der Waals surface area contributed by atoms with Crippen LogP contribution in [-0.2, 0) is 39.7 Å². The van der Waals surface area contributed by atoms with Crippen LogP contribution in [-0.4, -0.2) is 67.4 Å². The van der Waals surface area contributed by atoms with Gasteiger partial charge in [0.05, 0.1) is 17.4 Å². The van der Waals surface area contributed by atoms with E-state index in [-0.39, 0.29) is 18.6 Å². The zero-order chi connectivity index (χ0) is 42.5. The molecule has 0 bridgehead atoms. The number of unbranched alkanes of at least 4 members (excludes halogenated alkanes) is 11. The van der Waals surface area contributed by atoms with Crippen LogP contribution in [0.25, 0.3) is 0 Å². The summed E-state index contributed by atoms with van der Waals surface area (Å²) >= 11 is 20.2. The molecule has 0 aliphatic rings. The Bertz CT molecular complexity index is 1420. The van der Waals surface area contributed by atoms with Crippen LogP contribution in [0.15, 0.2) is 60.7 Å². The van der Waals surface area contributed by atoms with E-state index in [2.05, 4.69) is 6.92 Å². The summed E-state index contributed by atoms with van der Waals surface area (Å²) < 4.78 is 106. The van der Waals surface area contributed by atoms with Crippen LogP contribution in [0.4, 0.5) is 26.3 Å². The van der Waals surface area contributed by atoms with Gasteiger partial charge in [-0.3, -0.25) is 0 Å². The third-order valence-corrected chi connectivity index (χ3v) is 11.3. The molecular formula is C42H57Cl3F6O6. The van der Waals surface area contributed by atoms with Gasteiger partial charge in [0.15, 0.2) is 0 Å². The molecule has 0 heterocycles. The number of esters is 2. The van der Waals surface area contributed by atoms with Gasteiger partial charge < -0.3 is 18.9 Å². The van der Waals surface area contributed by atoms with Crippen molar-refractivity contribution in [3.8, 4) is 0 Å². The van der Waals surface area contributed by atoms with Gasteiger partial charge in [-0.2, -0.15) is 26.3 Å². The number of carbonyl (C=O) groups is 2. The van der Waals surface area contributed by atoms with Gasteiger partial charge in [0.1, 0.15) is 6.10 Å². The first-order valence-corrected chi connectivity index (χ1v) is 21.0. The first-order valence-electron chi connectivity index (χ1n) is 19.7. The minimum Gasteiger partial charge on any atom is -0.463 e. The van der Waals surface area contributed by atoms with E-state index < -0.39 is 63.3 Å². The number of hydrogen-bond acceptors (Lipinski definition) is 6. The van der Waals surface area contributed by atoms with Crippen LogP contribution in [0.3, 0.4) is 0 Å². The second-order valence-corrected chi connectivity index (χ2v) is 15.9. The molecule has 15 heteroatoms. The minimum absolute atomic E-state index is 0.141. The van der Waals surface area contributed by atoms with E-state index in [1.165, 1.54) is 48.5 Å². The average molecular weight is 878 g/mol. The number of carbonyl (C=O) groups excluding carboxylic acids is 2. The Kier molecular flexibility index (Phi) is 22.7. The number of hydrogen-bond donors (Lipinski definition) is 0. The molecule has 0 unspecified atom stereocenters. The van der Waals surface area contributed by atoms with Gasteiger partial charge in [0.25, 0.3) is 11.2 Å². The molecule has 6 nitrogen and oxygen atoms in total. The quantitative estimate of drug-likeness (QED) is 0.0367. The van der Waals surface area contributed by atoms with Crippen molar-refractivity contribution < 1.29 is 54.9 Å². The fraction of sp³-hybridized carbons (Fsp3) is 0.667. The van der Waals surface area contributed by atoms with Crippen molar-refractivity contribution in [3.63, 3.8) is 0 Å². The smallest absolute Gasteiger partial charge is 0.432 e. The van der Waals surface area contributed by atoms with Crippen molar-refractivity contribution in [2.45, 2.75) is 155 Å². The highest BCUT2D eigenvalue weighted by Crippen LogP contribution is 2.45. The fourth-order valence-electron chi connectivity index (χ4n) is 6.75. The van der Waals surface area contributed by atoms with Gasteiger partial charge in [-0.25, -0.2) is 9.59 Å². The standard InChI is InChI=1S/C42H57Cl3F6O6/c1-4-5-6-11-21-28-34(44)36(57-38(53)40(55-3,42(49,50)51)32-25-18-15-19-26-32)35(45)30-33(43)27-20-12-9-7-8-10-13-22-29-56-37(52)39(54-2,41(46,47)48)31-23-16-14-17-24-31/h14-19,23-26,33-36H,4-13,20-22,27-30H2,1-3H3/t33-,34+,35+,36+,39-,40-/m0/s1. The third-order valence-electron chi connectivity index (χ3n) is 10.0. The number of rotatable bonds is 28. The lowest BCUT2D eigenvalue weighted by molar-refractivity contribution is -0.278. The molecule has 0 radical (unpaired) electrons. The number of methoxy groups -OCH3 is 2. The van der Waals surface area contributed by atoms with Gasteiger partial charge in [0.2, 0.25) is 0 Å². The lowest BCUT2D eigenvalue weighted by Crippen LogP contribution is -2.54. The summed E-state index contributed by atoms with van der Waals surface area (Å²) in [6.45, 7) is 1.91. The molecule has 0 aliphatic carbocycles. The summed E-state index contributed by atoms with van der Waals surface area (Å²) in [5, 5.41) is -2.28. The number of alkyl halides is 9. The van der Waals surface area contributed by atoms with Crippen molar-refractivity contribution in [1.82, 2.24) is 0 Å². The molecule has 0 spiro atoms. The highest BCUT2D eigenvalue weighted by atomic mass is 35.5. The first-order chi connectivity index (χ1) is 27.0. The van der Waals surface area contributed by atoms with Crippen LogP contribution in [0, 0.1) is 0 Å². The van der Waals surface area contributed by atoms with E-state index in [9.17, 15) is 35.9 Å². The number of ether oxygens (including phenoxy) is 4. The monoisotopic (exact) mass is 876 g/mol. The van der Waals surface area contributed by atoms with E-state index in [1.807, 2.05) is 0 Å². The highest BCUT2D eigenvalue weighted by Gasteiger charge is 2.65. The van der Waals surface area contributed by atoms with Gasteiger partial charge >= 0.3 is 24.3 Å². The van der Waals surface area contributed by atoms with Crippen LogP contribution in [0.2, 0.25) is 0 Å². The Labute approximate surface area is 348 Å². The molecule has 0 aromatic heterocycles. The Hall–Kier alpha value is -2.25. The van der Waals surface area contributed by atoms with Crippen molar-refractivity contribution in [2.24, 2.45) is 0 Å². The summed E-state index contributed by atoms with van der Waals surface area (Å²) in [7, 11) is 1.63. The van der Waals surface area contributed by atoms with Crippen LogP contribution < -0.4 is 0 Å². The molecule has 0 fully saturated rings. The molecule has 2 rings (SSSR count). The molecular weight excluding hydrogens is 821 g/mol. The summed E-state index contributed by atoms with van der Waals surface area (Å²) in [5.74, 6) is -3.16.